The lowest BCUT2D eigenvalue weighted by Crippen LogP contribution is -2.26. The summed E-state index contributed by atoms with van der Waals surface area (Å²) < 4.78 is 4.73. The van der Waals surface area contributed by atoms with Crippen molar-refractivity contribution in [3.8, 4) is 0 Å². The van der Waals surface area contributed by atoms with Crippen LogP contribution in [-0.2, 0) is 16.0 Å². The Hall–Kier alpha value is -1.85. The molecular formula is C12H17N3O3. The molecule has 6 heteroatoms. The number of rotatable bonds is 3. The minimum atomic E-state index is -0.196. The molecule has 0 aromatic carbocycles. The maximum Gasteiger partial charge on any atom is 0.310 e. The second-order valence-electron chi connectivity index (χ2n) is 4.36. The molecule has 0 aliphatic carbocycles. The molecule has 0 bridgehead atoms. The van der Waals surface area contributed by atoms with E-state index in [-0.39, 0.29) is 17.4 Å². The fourth-order valence-corrected chi connectivity index (χ4v) is 2.15. The van der Waals surface area contributed by atoms with Gasteiger partial charge in [0.25, 0.3) is 5.56 Å². The molecule has 2 rings (SSSR count). The van der Waals surface area contributed by atoms with Gasteiger partial charge in [-0.1, -0.05) is 6.92 Å². The van der Waals surface area contributed by atoms with Gasteiger partial charge in [0.15, 0.2) is 0 Å². The van der Waals surface area contributed by atoms with E-state index in [4.69, 9.17) is 4.74 Å². The van der Waals surface area contributed by atoms with E-state index in [0.717, 1.165) is 13.0 Å². The first-order chi connectivity index (χ1) is 8.63. The lowest BCUT2D eigenvalue weighted by atomic mass is 10.1. The molecule has 0 saturated carbocycles. The molecule has 1 aliphatic heterocycles. The number of nitrogens with one attached hydrogen (secondary N) is 1. The minimum Gasteiger partial charge on any atom is -0.469 e. The van der Waals surface area contributed by atoms with Crippen molar-refractivity contribution in [3.63, 3.8) is 0 Å². The number of H-pyrrole nitrogens is 1. The third-order valence-electron chi connectivity index (χ3n) is 3.16. The highest BCUT2D eigenvalue weighted by Gasteiger charge is 2.29. The van der Waals surface area contributed by atoms with Crippen molar-refractivity contribution < 1.29 is 9.53 Å². The molecule has 0 radical (unpaired) electrons. The number of aromatic amines is 1. The van der Waals surface area contributed by atoms with Gasteiger partial charge in [-0.25, -0.2) is 4.98 Å². The third kappa shape index (κ3) is 2.52. The van der Waals surface area contributed by atoms with Crippen LogP contribution in [0.25, 0.3) is 0 Å². The van der Waals surface area contributed by atoms with Crippen LogP contribution in [0, 0.1) is 5.92 Å². The number of anilines is 1. The van der Waals surface area contributed by atoms with E-state index >= 15 is 0 Å². The summed E-state index contributed by atoms with van der Waals surface area (Å²) in [5, 5.41) is 0. The van der Waals surface area contributed by atoms with Crippen LogP contribution >= 0.6 is 0 Å². The van der Waals surface area contributed by atoms with E-state index in [9.17, 15) is 9.59 Å². The Bertz CT molecular complexity index is 498. The Labute approximate surface area is 105 Å². The van der Waals surface area contributed by atoms with Crippen molar-refractivity contribution in [1.29, 1.82) is 0 Å². The van der Waals surface area contributed by atoms with E-state index in [1.165, 1.54) is 13.2 Å². The lowest BCUT2D eigenvalue weighted by molar-refractivity contribution is -0.144. The molecule has 1 aromatic heterocycles. The smallest absolute Gasteiger partial charge is 0.310 e. The van der Waals surface area contributed by atoms with Crippen molar-refractivity contribution >= 4 is 11.8 Å². The van der Waals surface area contributed by atoms with Gasteiger partial charge in [0.2, 0.25) is 0 Å². The minimum absolute atomic E-state index is 0.124. The monoisotopic (exact) mass is 251 g/mol. The summed E-state index contributed by atoms with van der Waals surface area (Å²) in [6.07, 6.45) is 1.42. The van der Waals surface area contributed by atoms with Gasteiger partial charge in [0, 0.05) is 25.6 Å². The zero-order valence-corrected chi connectivity index (χ0v) is 10.6. The number of hydrogen-bond donors (Lipinski definition) is 1. The highest BCUT2D eigenvalue weighted by Crippen LogP contribution is 2.22. The molecule has 1 saturated heterocycles. The van der Waals surface area contributed by atoms with Crippen LogP contribution in [0.5, 0.6) is 0 Å². The maximum atomic E-state index is 11.5. The maximum absolute atomic E-state index is 11.5. The molecule has 0 amide bonds. The first-order valence-corrected chi connectivity index (χ1v) is 6.07. The lowest BCUT2D eigenvalue weighted by Gasteiger charge is -2.17. The zero-order valence-electron chi connectivity index (χ0n) is 10.6. The summed E-state index contributed by atoms with van der Waals surface area (Å²) in [5.41, 5.74) is -0.154. The van der Waals surface area contributed by atoms with Gasteiger partial charge in [-0.15, -0.1) is 0 Å². The fraction of sp³-hybridized carbons (Fsp3) is 0.583. The van der Waals surface area contributed by atoms with Crippen molar-refractivity contribution in [2.75, 3.05) is 25.1 Å². The molecule has 1 atom stereocenters. The SMILES string of the molecule is CCc1nc(N2CCC(C(=O)OC)C2)cc(=O)[nH]1. The molecule has 2 heterocycles. The van der Waals surface area contributed by atoms with Gasteiger partial charge in [-0.3, -0.25) is 9.59 Å². The summed E-state index contributed by atoms with van der Waals surface area (Å²) in [6, 6.07) is 1.47. The second-order valence-corrected chi connectivity index (χ2v) is 4.36. The number of carbonyl (C=O) groups is 1. The standard InChI is InChI=1S/C12H17N3O3/c1-3-9-13-10(6-11(16)14-9)15-5-4-8(7-15)12(17)18-2/h6,8H,3-5,7H2,1-2H3,(H,13,14,16). The fourth-order valence-electron chi connectivity index (χ4n) is 2.15. The van der Waals surface area contributed by atoms with Gasteiger partial charge in [0.05, 0.1) is 13.0 Å². The van der Waals surface area contributed by atoms with Crippen LogP contribution in [0.4, 0.5) is 5.82 Å². The molecule has 1 aromatic rings. The van der Waals surface area contributed by atoms with Crippen molar-refractivity contribution in [2.24, 2.45) is 5.92 Å². The molecule has 1 fully saturated rings. The summed E-state index contributed by atoms with van der Waals surface area (Å²) in [6.45, 7) is 3.22. The predicted octanol–water partition coefficient (Wildman–Crippen LogP) is 0.332. The quantitative estimate of drug-likeness (QED) is 0.784. The molecule has 6 nitrogen and oxygen atoms in total. The number of hydrogen-bond acceptors (Lipinski definition) is 5. The second kappa shape index (κ2) is 5.20. The Morgan fingerprint density at radius 3 is 3.11 bits per heavy atom. The Kier molecular flexibility index (Phi) is 3.64. The van der Waals surface area contributed by atoms with E-state index < -0.39 is 0 Å². The van der Waals surface area contributed by atoms with E-state index in [1.54, 1.807) is 0 Å². The normalized spacial score (nSPS) is 19.0. The Morgan fingerprint density at radius 1 is 1.67 bits per heavy atom. The molecule has 1 aliphatic rings. The molecule has 18 heavy (non-hydrogen) atoms. The van der Waals surface area contributed by atoms with Crippen LogP contribution in [-0.4, -0.2) is 36.1 Å². The average Bonchev–Trinajstić information content (AvgIpc) is 2.86. The number of aromatic nitrogens is 2. The van der Waals surface area contributed by atoms with Crippen LogP contribution in [0.15, 0.2) is 10.9 Å². The van der Waals surface area contributed by atoms with Gasteiger partial charge in [-0.2, -0.15) is 0 Å². The van der Waals surface area contributed by atoms with Crippen LogP contribution in [0.1, 0.15) is 19.2 Å². The zero-order chi connectivity index (χ0) is 13.1. The summed E-state index contributed by atoms with van der Waals surface area (Å²) >= 11 is 0. The van der Waals surface area contributed by atoms with E-state index in [2.05, 4.69) is 9.97 Å². The summed E-state index contributed by atoms with van der Waals surface area (Å²) in [4.78, 5) is 31.9. The summed E-state index contributed by atoms with van der Waals surface area (Å²) in [5.74, 6) is 0.986. The predicted molar refractivity (Wildman–Crippen MR) is 66.6 cm³/mol. The topological polar surface area (TPSA) is 75.3 Å². The Balaban J connectivity index is 2.16. The van der Waals surface area contributed by atoms with Gasteiger partial charge in [0.1, 0.15) is 11.6 Å². The molecule has 1 N–H and O–H groups in total. The van der Waals surface area contributed by atoms with Gasteiger partial charge < -0.3 is 14.6 Å². The molecule has 98 valence electrons. The first-order valence-electron chi connectivity index (χ1n) is 6.07. The summed E-state index contributed by atoms with van der Waals surface area (Å²) in [7, 11) is 1.39. The first kappa shape index (κ1) is 12.6. The number of ether oxygens (including phenoxy) is 1. The van der Waals surface area contributed by atoms with Crippen LogP contribution in [0.2, 0.25) is 0 Å². The highest BCUT2D eigenvalue weighted by atomic mass is 16.5. The third-order valence-corrected chi connectivity index (χ3v) is 3.16. The molecule has 0 spiro atoms. The number of carbonyl (C=O) groups excluding carboxylic acids is 1. The van der Waals surface area contributed by atoms with E-state index in [1.807, 2.05) is 11.8 Å². The van der Waals surface area contributed by atoms with E-state index in [0.29, 0.717) is 24.6 Å². The average molecular weight is 251 g/mol. The molecular weight excluding hydrogens is 234 g/mol. The largest absolute Gasteiger partial charge is 0.469 e. The van der Waals surface area contributed by atoms with Gasteiger partial charge >= 0.3 is 5.97 Å². The van der Waals surface area contributed by atoms with Crippen LogP contribution in [0.3, 0.4) is 0 Å². The number of methoxy groups -OCH3 is 1. The number of nitrogens with zero attached hydrogens (tertiary/aromatic N) is 2. The van der Waals surface area contributed by atoms with Gasteiger partial charge in [-0.05, 0) is 6.42 Å². The Morgan fingerprint density at radius 2 is 2.44 bits per heavy atom. The number of esters is 1. The highest BCUT2D eigenvalue weighted by molar-refractivity contribution is 5.74. The molecule has 1 unspecified atom stereocenters. The van der Waals surface area contributed by atoms with Crippen molar-refractivity contribution in [3.05, 3.63) is 22.2 Å². The van der Waals surface area contributed by atoms with Crippen molar-refractivity contribution in [2.45, 2.75) is 19.8 Å². The number of aryl methyl sites for hydroxylation is 1. The van der Waals surface area contributed by atoms with Crippen LogP contribution < -0.4 is 10.5 Å². The van der Waals surface area contributed by atoms with Crippen molar-refractivity contribution in [1.82, 2.24) is 9.97 Å².